The van der Waals surface area contributed by atoms with Gasteiger partial charge >= 0.3 is 5.69 Å². The maximum Gasteiger partial charge on any atom is 0.350 e. The fraction of sp³-hybridized carbons (Fsp3) is 0.647. The van der Waals surface area contributed by atoms with Crippen molar-refractivity contribution < 1.29 is 14.2 Å². The van der Waals surface area contributed by atoms with E-state index in [0.717, 1.165) is 5.57 Å². The Balaban J connectivity index is 1.93. The van der Waals surface area contributed by atoms with E-state index in [9.17, 15) is 4.79 Å². The van der Waals surface area contributed by atoms with Gasteiger partial charge in [0.2, 0.25) is 0 Å². The van der Waals surface area contributed by atoms with Gasteiger partial charge in [-0.3, -0.25) is 4.57 Å². The lowest BCUT2D eigenvalue weighted by Crippen LogP contribution is -2.35. The number of nitrogen functional groups attached to an aromatic ring is 1. The minimum Gasteiger partial charge on any atom is -0.383 e. The summed E-state index contributed by atoms with van der Waals surface area (Å²) in [6, 6.07) is 1.31. The topological polar surface area (TPSA) is 88.6 Å². The van der Waals surface area contributed by atoms with Gasteiger partial charge in [-0.25, -0.2) is 4.79 Å². The number of anilines is 1. The van der Waals surface area contributed by atoms with Crippen LogP contribution in [0.15, 0.2) is 28.7 Å². The third kappa shape index (κ3) is 3.38. The van der Waals surface area contributed by atoms with Crippen LogP contribution in [0.2, 0.25) is 0 Å². The summed E-state index contributed by atoms with van der Waals surface area (Å²) in [7, 11) is 0. The average Bonchev–Trinajstić information content (AvgIpc) is 2.90. The Kier molecular flexibility index (Phi) is 4.06. The van der Waals surface area contributed by atoms with Crippen LogP contribution in [0.3, 0.4) is 0 Å². The summed E-state index contributed by atoms with van der Waals surface area (Å²) in [5, 5.41) is 0. The van der Waals surface area contributed by atoms with Crippen LogP contribution in [0, 0.1) is 0 Å². The van der Waals surface area contributed by atoms with Crippen molar-refractivity contribution in [1.82, 2.24) is 9.55 Å². The highest BCUT2D eigenvalue weighted by Crippen LogP contribution is 2.43. The van der Waals surface area contributed by atoms with E-state index in [-0.39, 0.29) is 29.7 Å². The molecule has 2 unspecified atom stereocenters. The van der Waals surface area contributed by atoms with E-state index in [1.54, 1.807) is 12.3 Å². The summed E-state index contributed by atoms with van der Waals surface area (Å²) in [4.78, 5) is 16.0. The number of hydrogen-bond donors (Lipinski definition) is 1. The van der Waals surface area contributed by atoms with Gasteiger partial charge in [-0.1, -0.05) is 6.08 Å². The van der Waals surface area contributed by atoms with Crippen LogP contribution in [0.1, 0.15) is 40.7 Å². The molecule has 0 spiro atoms. The minimum absolute atomic E-state index is 0.204. The Hall–Kier alpha value is -1.70. The summed E-state index contributed by atoms with van der Waals surface area (Å²) in [6.45, 7) is 10.2. The van der Waals surface area contributed by atoms with Crippen LogP contribution < -0.4 is 11.4 Å². The molecule has 0 saturated carbocycles. The second-order valence-corrected chi connectivity index (χ2v) is 7.70. The molecule has 1 aromatic heterocycles. The second-order valence-electron chi connectivity index (χ2n) is 7.70. The molecule has 3 atom stereocenters. The van der Waals surface area contributed by atoms with E-state index in [0.29, 0.717) is 6.61 Å². The number of nitrogens with two attached hydrogens (primary N) is 1. The van der Waals surface area contributed by atoms with Crippen LogP contribution in [-0.4, -0.2) is 39.8 Å². The van der Waals surface area contributed by atoms with E-state index in [1.807, 2.05) is 40.7 Å². The third-order valence-corrected chi connectivity index (χ3v) is 4.06. The molecule has 1 saturated heterocycles. The summed E-state index contributed by atoms with van der Waals surface area (Å²) < 4.78 is 19.5. The Morgan fingerprint density at radius 2 is 2.08 bits per heavy atom. The van der Waals surface area contributed by atoms with Gasteiger partial charge in [-0.05, 0) is 46.3 Å². The molecule has 1 aliphatic carbocycles. The summed E-state index contributed by atoms with van der Waals surface area (Å²) in [5.74, 6) is -0.505. The van der Waals surface area contributed by atoms with E-state index in [2.05, 4.69) is 4.98 Å². The number of hydrogen-bond acceptors (Lipinski definition) is 6. The largest absolute Gasteiger partial charge is 0.383 e. The number of rotatable bonds is 3. The maximum absolute atomic E-state index is 12.2. The minimum atomic E-state index is -0.709. The van der Waals surface area contributed by atoms with Crippen molar-refractivity contribution in [3.63, 3.8) is 0 Å². The Morgan fingerprint density at radius 1 is 1.38 bits per heavy atom. The lowest BCUT2D eigenvalue weighted by molar-refractivity contribution is -0.148. The van der Waals surface area contributed by atoms with Crippen LogP contribution in [0.25, 0.3) is 0 Å². The molecule has 0 aromatic carbocycles. The second kappa shape index (κ2) is 5.68. The summed E-state index contributed by atoms with van der Waals surface area (Å²) in [6.07, 6.45) is 3.10. The van der Waals surface area contributed by atoms with Crippen molar-refractivity contribution in [2.24, 2.45) is 0 Å². The van der Waals surface area contributed by atoms with Crippen molar-refractivity contribution in [1.29, 1.82) is 0 Å². The van der Waals surface area contributed by atoms with E-state index in [4.69, 9.17) is 19.9 Å². The Bertz CT molecular complexity index is 717. The molecule has 0 amide bonds. The highest BCUT2D eigenvalue weighted by Gasteiger charge is 2.50. The van der Waals surface area contributed by atoms with Gasteiger partial charge in [0.05, 0.1) is 18.2 Å². The molecule has 2 N–H and O–H groups in total. The molecule has 24 heavy (non-hydrogen) atoms. The lowest BCUT2D eigenvalue weighted by atomic mass is 10.1. The normalized spacial score (nSPS) is 28.7. The molecule has 2 heterocycles. The van der Waals surface area contributed by atoms with Gasteiger partial charge in [0, 0.05) is 6.20 Å². The number of ether oxygens (including phenoxy) is 3. The van der Waals surface area contributed by atoms with Crippen molar-refractivity contribution in [3.8, 4) is 0 Å². The van der Waals surface area contributed by atoms with Crippen LogP contribution >= 0.6 is 0 Å². The molecule has 2 aliphatic rings. The number of nitrogens with zero attached hydrogens (tertiary/aromatic N) is 2. The molecule has 3 rings (SSSR count). The highest BCUT2D eigenvalue weighted by atomic mass is 16.8. The van der Waals surface area contributed by atoms with Crippen LogP contribution in [-0.2, 0) is 14.2 Å². The predicted octanol–water partition coefficient (Wildman–Crippen LogP) is 1.64. The standard InChI is InChI=1S/C17H25N3O4/c1-16(2,3)22-9-10-8-11(14-13(10)23-17(4,5)24-14)20-7-6-12(18)19-15(20)21/h6-8,11,13-14H,9H2,1-5H3,(H2,18,19,21)/t11?,13?,14-/m1/s1. The van der Waals surface area contributed by atoms with Crippen molar-refractivity contribution in [2.75, 3.05) is 12.3 Å². The highest BCUT2D eigenvalue weighted by molar-refractivity contribution is 5.28. The zero-order chi connectivity index (χ0) is 17.7. The Labute approximate surface area is 141 Å². The van der Waals surface area contributed by atoms with Crippen molar-refractivity contribution in [2.45, 2.75) is 64.3 Å². The number of fused-ring (bicyclic) bond motifs is 1. The first-order valence-corrected chi connectivity index (χ1v) is 8.11. The van der Waals surface area contributed by atoms with Crippen molar-refractivity contribution >= 4 is 5.82 Å². The zero-order valence-corrected chi connectivity index (χ0v) is 14.8. The summed E-state index contributed by atoms with van der Waals surface area (Å²) in [5.41, 5.74) is 5.90. The van der Waals surface area contributed by atoms with Crippen LogP contribution in [0.5, 0.6) is 0 Å². The smallest absolute Gasteiger partial charge is 0.350 e. The van der Waals surface area contributed by atoms with E-state index < -0.39 is 11.5 Å². The lowest BCUT2D eigenvalue weighted by Gasteiger charge is -2.23. The molecule has 7 heteroatoms. The van der Waals surface area contributed by atoms with Gasteiger partial charge in [-0.15, -0.1) is 0 Å². The van der Waals surface area contributed by atoms with Gasteiger partial charge in [0.25, 0.3) is 0 Å². The molecule has 1 aliphatic heterocycles. The fourth-order valence-electron chi connectivity index (χ4n) is 3.06. The van der Waals surface area contributed by atoms with Gasteiger partial charge < -0.3 is 19.9 Å². The fourth-order valence-corrected chi connectivity index (χ4v) is 3.06. The molecule has 0 radical (unpaired) electrons. The predicted molar refractivity (Wildman–Crippen MR) is 89.6 cm³/mol. The van der Waals surface area contributed by atoms with Crippen molar-refractivity contribution in [3.05, 3.63) is 34.4 Å². The SMILES string of the molecule is CC(C)(C)OCC1=CC(n2ccc(N)nc2=O)[C@H]2OC(C)(C)OC12. The molecular weight excluding hydrogens is 310 g/mol. The monoisotopic (exact) mass is 335 g/mol. The molecule has 1 fully saturated rings. The van der Waals surface area contributed by atoms with E-state index >= 15 is 0 Å². The van der Waals surface area contributed by atoms with Gasteiger partial charge in [0.1, 0.15) is 18.0 Å². The van der Waals surface area contributed by atoms with Gasteiger partial charge in [0.15, 0.2) is 5.79 Å². The average molecular weight is 335 g/mol. The first-order valence-electron chi connectivity index (χ1n) is 8.11. The quantitative estimate of drug-likeness (QED) is 0.845. The third-order valence-electron chi connectivity index (χ3n) is 4.06. The number of aromatic nitrogens is 2. The molecular formula is C17H25N3O4. The molecule has 7 nitrogen and oxygen atoms in total. The zero-order valence-electron chi connectivity index (χ0n) is 14.8. The molecule has 1 aromatic rings. The first-order chi connectivity index (χ1) is 11.1. The first kappa shape index (κ1) is 17.1. The molecule has 132 valence electrons. The maximum atomic E-state index is 12.2. The van der Waals surface area contributed by atoms with Crippen LogP contribution in [0.4, 0.5) is 5.82 Å². The summed E-state index contributed by atoms with van der Waals surface area (Å²) >= 11 is 0. The van der Waals surface area contributed by atoms with Gasteiger partial charge in [-0.2, -0.15) is 4.98 Å². The molecule has 0 bridgehead atoms. The van der Waals surface area contributed by atoms with E-state index in [1.165, 1.54) is 4.57 Å². The Morgan fingerprint density at radius 3 is 2.71 bits per heavy atom.